The summed E-state index contributed by atoms with van der Waals surface area (Å²) in [4.78, 5) is 28.2. The Kier molecular flexibility index (Phi) is 8.10. The number of nitrogens with one attached hydrogen (secondary N) is 1. The van der Waals surface area contributed by atoms with Gasteiger partial charge in [-0.3, -0.25) is 4.79 Å². The number of aromatic nitrogens is 1. The molecule has 0 amide bonds. The van der Waals surface area contributed by atoms with E-state index in [-0.39, 0.29) is 35.9 Å². The van der Waals surface area contributed by atoms with Crippen molar-refractivity contribution < 1.29 is 31.9 Å². The summed E-state index contributed by atoms with van der Waals surface area (Å²) in [6, 6.07) is 3.27. The molecule has 8 nitrogen and oxygen atoms in total. The van der Waals surface area contributed by atoms with Gasteiger partial charge in [-0.15, -0.1) is 0 Å². The number of ketones is 1. The summed E-state index contributed by atoms with van der Waals surface area (Å²) < 4.78 is 50.7. The molecule has 1 N–H and O–H groups in total. The van der Waals surface area contributed by atoms with Gasteiger partial charge in [-0.05, 0) is 57.5 Å². The zero-order chi connectivity index (χ0) is 23.3. The number of nitrogens with zero attached hydrogens (tertiary/aromatic N) is 1. The van der Waals surface area contributed by atoms with Gasteiger partial charge in [0, 0.05) is 24.9 Å². The highest BCUT2D eigenvalue weighted by Gasteiger charge is 2.35. The zero-order valence-electron chi connectivity index (χ0n) is 18.2. The van der Waals surface area contributed by atoms with Crippen LogP contribution in [0, 0.1) is 19.7 Å². The molecule has 0 aliphatic rings. The lowest BCUT2D eigenvalue weighted by molar-refractivity contribution is 0.0519. The molecule has 1 heterocycles. The first-order valence-electron chi connectivity index (χ1n) is 9.73. The van der Waals surface area contributed by atoms with E-state index >= 15 is 0 Å². The molecule has 0 radical (unpaired) electrons. The maximum absolute atomic E-state index is 13.3. The van der Waals surface area contributed by atoms with E-state index in [1.165, 1.54) is 14.0 Å². The van der Waals surface area contributed by atoms with Crippen LogP contribution in [-0.4, -0.2) is 62.4 Å². The fourth-order valence-electron chi connectivity index (χ4n) is 3.31. The molecule has 10 heteroatoms. The Morgan fingerprint density at radius 3 is 2.35 bits per heavy atom. The Morgan fingerprint density at radius 2 is 1.81 bits per heavy atom. The summed E-state index contributed by atoms with van der Waals surface area (Å²) in [6.07, 6.45) is 0. The predicted molar refractivity (Wildman–Crippen MR) is 112 cm³/mol. The molecule has 0 saturated carbocycles. The monoisotopic (exact) mass is 454 g/mol. The minimum atomic E-state index is -4.12. The second-order valence-electron chi connectivity index (χ2n) is 6.95. The number of esters is 1. The van der Waals surface area contributed by atoms with Gasteiger partial charge < -0.3 is 14.5 Å². The SMILES string of the molecule is CCOC(=O)c1[nH]c(C)c(C(=O)C(C)N(CCOC)S(=O)(=O)c2ccc(F)cc2)c1C. The van der Waals surface area contributed by atoms with E-state index in [9.17, 15) is 22.4 Å². The average molecular weight is 455 g/mol. The first-order chi connectivity index (χ1) is 14.6. The summed E-state index contributed by atoms with van der Waals surface area (Å²) >= 11 is 0. The Bertz CT molecular complexity index is 1050. The standard InChI is InChI=1S/C21H27FN2O6S/c1-6-30-21(26)19-13(2)18(14(3)23-19)20(25)15(4)24(11-12-29-5)31(27,28)17-9-7-16(22)8-10-17/h7-10,15,23H,6,11-12H2,1-5H3. The Balaban J connectivity index is 2.46. The third-order valence-corrected chi connectivity index (χ3v) is 6.90. The molecule has 0 saturated heterocycles. The molecule has 0 bridgehead atoms. The van der Waals surface area contributed by atoms with Crippen LogP contribution in [0.5, 0.6) is 0 Å². The van der Waals surface area contributed by atoms with Gasteiger partial charge in [0.1, 0.15) is 11.5 Å². The van der Waals surface area contributed by atoms with Crippen molar-refractivity contribution in [2.45, 2.75) is 38.6 Å². The molecule has 0 fully saturated rings. The predicted octanol–water partition coefficient (Wildman–Crippen LogP) is 2.86. The van der Waals surface area contributed by atoms with Crippen molar-refractivity contribution in [3.63, 3.8) is 0 Å². The molecule has 0 aliphatic heterocycles. The number of rotatable bonds is 10. The van der Waals surface area contributed by atoms with Crippen LogP contribution in [-0.2, 0) is 19.5 Å². The fraction of sp³-hybridized carbons (Fsp3) is 0.429. The Labute approximate surface area is 181 Å². The van der Waals surface area contributed by atoms with Crippen LogP contribution in [0.1, 0.15) is 46.0 Å². The molecule has 1 atom stereocenters. The number of H-pyrrole nitrogens is 1. The van der Waals surface area contributed by atoms with E-state index in [1.54, 1.807) is 20.8 Å². The minimum absolute atomic E-state index is 0.0528. The van der Waals surface area contributed by atoms with Crippen LogP contribution in [0.25, 0.3) is 0 Å². The molecule has 0 aliphatic carbocycles. The van der Waals surface area contributed by atoms with Gasteiger partial charge >= 0.3 is 5.97 Å². The van der Waals surface area contributed by atoms with Crippen LogP contribution >= 0.6 is 0 Å². The molecule has 170 valence electrons. The maximum Gasteiger partial charge on any atom is 0.355 e. The minimum Gasteiger partial charge on any atom is -0.461 e. The van der Waals surface area contributed by atoms with E-state index in [0.717, 1.165) is 28.6 Å². The van der Waals surface area contributed by atoms with Crippen LogP contribution in [0.15, 0.2) is 29.2 Å². The Hall–Kier alpha value is -2.56. The van der Waals surface area contributed by atoms with Crippen molar-refractivity contribution in [2.75, 3.05) is 26.9 Å². The van der Waals surface area contributed by atoms with Gasteiger partial charge in [0.05, 0.1) is 24.2 Å². The molecule has 1 unspecified atom stereocenters. The third kappa shape index (κ3) is 5.20. The topological polar surface area (TPSA) is 106 Å². The molecule has 1 aromatic carbocycles. The van der Waals surface area contributed by atoms with E-state index < -0.39 is 33.6 Å². The lowest BCUT2D eigenvalue weighted by atomic mass is 10.0. The summed E-state index contributed by atoms with van der Waals surface area (Å²) in [6.45, 7) is 6.51. The number of hydrogen-bond acceptors (Lipinski definition) is 6. The second-order valence-corrected chi connectivity index (χ2v) is 8.84. The van der Waals surface area contributed by atoms with Gasteiger partial charge in [0.25, 0.3) is 0 Å². The number of hydrogen-bond donors (Lipinski definition) is 1. The molecule has 2 rings (SSSR count). The molecule has 0 spiro atoms. The first-order valence-corrected chi connectivity index (χ1v) is 11.2. The number of methoxy groups -OCH3 is 1. The highest BCUT2D eigenvalue weighted by atomic mass is 32.2. The van der Waals surface area contributed by atoms with E-state index in [1.807, 2.05) is 0 Å². The van der Waals surface area contributed by atoms with E-state index in [2.05, 4.69) is 4.98 Å². The fourth-order valence-corrected chi connectivity index (χ4v) is 4.89. The highest BCUT2D eigenvalue weighted by molar-refractivity contribution is 7.89. The summed E-state index contributed by atoms with van der Waals surface area (Å²) in [5, 5.41) is 0. The normalized spacial score (nSPS) is 12.7. The average Bonchev–Trinajstić information content (AvgIpc) is 3.02. The van der Waals surface area contributed by atoms with E-state index in [0.29, 0.717) is 11.3 Å². The largest absolute Gasteiger partial charge is 0.461 e. The van der Waals surface area contributed by atoms with Crippen LogP contribution in [0.3, 0.4) is 0 Å². The van der Waals surface area contributed by atoms with Crippen molar-refractivity contribution in [1.29, 1.82) is 0 Å². The number of carbonyl (C=O) groups excluding carboxylic acids is 2. The number of aromatic amines is 1. The molecule has 31 heavy (non-hydrogen) atoms. The quantitative estimate of drug-likeness (QED) is 0.437. The number of Topliss-reactive ketones (excluding diaryl/α,β-unsaturated/α-hetero) is 1. The lowest BCUT2D eigenvalue weighted by Crippen LogP contribution is -2.45. The van der Waals surface area contributed by atoms with Crippen molar-refractivity contribution in [1.82, 2.24) is 9.29 Å². The van der Waals surface area contributed by atoms with Gasteiger partial charge in [-0.2, -0.15) is 4.31 Å². The third-order valence-electron chi connectivity index (χ3n) is 4.91. The number of carbonyl (C=O) groups is 2. The van der Waals surface area contributed by atoms with Crippen molar-refractivity contribution >= 4 is 21.8 Å². The summed E-state index contributed by atoms with van der Waals surface area (Å²) in [7, 11) is -2.70. The molecular weight excluding hydrogens is 427 g/mol. The number of ether oxygens (including phenoxy) is 2. The van der Waals surface area contributed by atoms with Crippen LogP contribution < -0.4 is 0 Å². The van der Waals surface area contributed by atoms with Crippen molar-refractivity contribution in [3.05, 3.63) is 52.6 Å². The lowest BCUT2D eigenvalue weighted by Gasteiger charge is -2.27. The van der Waals surface area contributed by atoms with Gasteiger partial charge in [-0.1, -0.05) is 0 Å². The van der Waals surface area contributed by atoms with Gasteiger partial charge in [-0.25, -0.2) is 17.6 Å². The zero-order valence-corrected chi connectivity index (χ0v) is 19.0. The van der Waals surface area contributed by atoms with Gasteiger partial charge in [0.2, 0.25) is 10.0 Å². The molecular formula is C21H27FN2O6S. The van der Waals surface area contributed by atoms with Crippen molar-refractivity contribution in [3.8, 4) is 0 Å². The number of sulfonamides is 1. The maximum atomic E-state index is 13.3. The first kappa shape index (κ1) is 24.7. The Morgan fingerprint density at radius 1 is 1.19 bits per heavy atom. The second kappa shape index (κ2) is 10.2. The van der Waals surface area contributed by atoms with Crippen LogP contribution in [0.2, 0.25) is 0 Å². The number of aryl methyl sites for hydroxylation is 1. The summed E-state index contributed by atoms with van der Waals surface area (Å²) in [5.74, 6) is -1.65. The summed E-state index contributed by atoms with van der Waals surface area (Å²) in [5.41, 5.74) is 1.20. The van der Waals surface area contributed by atoms with E-state index in [4.69, 9.17) is 9.47 Å². The number of halogens is 1. The molecule has 1 aromatic heterocycles. The van der Waals surface area contributed by atoms with Gasteiger partial charge in [0.15, 0.2) is 5.78 Å². The molecule has 2 aromatic rings. The smallest absolute Gasteiger partial charge is 0.355 e. The highest BCUT2D eigenvalue weighted by Crippen LogP contribution is 2.25. The van der Waals surface area contributed by atoms with Crippen LogP contribution in [0.4, 0.5) is 4.39 Å². The van der Waals surface area contributed by atoms with Crippen molar-refractivity contribution in [2.24, 2.45) is 0 Å². The number of benzene rings is 1.